The molecule has 1 unspecified atom stereocenters. The molecule has 2 aromatic rings. The normalized spacial score (nSPS) is 12.8. The molecule has 0 saturated carbocycles. The predicted octanol–water partition coefficient (Wildman–Crippen LogP) is 1.87. The minimum absolute atomic E-state index is 0.220. The van der Waals surface area contributed by atoms with Gasteiger partial charge in [0.1, 0.15) is 5.69 Å². The number of aromatic nitrogens is 2. The Morgan fingerprint density at radius 2 is 2.39 bits per heavy atom. The summed E-state index contributed by atoms with van der Waals surface area (Å²) in [5.74, 6) is 0.284. The van der Waals surface area contributed by atoms with Crippen LogP contribution in [0.15, 0.2) is 23.7 Å². The summed E-state index contributed by atoms with van der Waals surface area (Å²) >= 11 is 1.70. The van der Waals surface area contributed by atoms with Gasteiger partial charge in [-0.3, -0.25) is 4.68 Å². The van der Waals surface area contributed by atoms with E-state index >= 15 is 0 Å². The van der Waals surface area contributed by atoms with Gasteiger partial charge in [-0.25, -0.2) is 0 Å². The fraction of sp³-hybridized carbons (Fsp3) is 0.462. The first-order valence-corrected chi connectivity index (χ1v) is 6.96. The molecule has 0 aromatic carbocycles. The standard InChI is InChI=1S/C13H19N3OS/c1-10(9-17)6-14-7-11-8-16(2)15-13(11)12-4-3-5-18-12/h3-5,8,10,14,17H,6-7,9H2,1-2H3. The van der Waals surface area contributed by atoms with E-state index < -0.39 is 0 Å². The van der Waals surface area contributed by atoms with Crippen molar-refractivity contribution >= 4 is 11.3 Å². The zero-order valence-corrected chi connectivity index (χ0v) is 11.6. The van der Waals surface area contributed by atoms with Crippen LogP contribution in [0.4, 0.5) is 0 Å². The molecule has 0 aliphatic rings. The quantitative estimate of drug-likeness (QED) is 0.838. The Labute approximate surface area is 111 Å². The highest BCUT2D eigenvalue weighted by molar-refractivity contribution is 7.13. The highest BCUT2D eigenvalue weighted by Crippen LogP contribution is 2.26. The Hall–Kier alpha value is -1.17. The number of aliphatic hydroxyl groups is 1. The number of thiophene rings is 1. The Morgan fingerprint density at radius 3 is 3.06 bits per heavy atom. The van der Waals surface area contributed by atoms with Crippen LogP contribution < -0.4 is 5.32 Å². The van der Waals surface area contributed by atoms with Crippen molar-refractivity contribution in [1.29, 1.82) is 0 Å². The highest BCUT2D eigenvalue weighted by atomic mass is 32.1. The van der Waals surface area contributed by atoms with Crippen LogP contribution in [0.1, 0.15) is 12.5 Å². The maximum absolute atomic E-state index is 8.99. The SMILES string of the molecule is CC(CO)CNCc1cn(C)nc1-c1cccs1. The van der Waals surface area contributed by atoms with E-state index in [1.54, 1.807) is 11.3 Å². The molecule has 98 valence electrons. The molecule has 5 heteroatoms. The zero-order valence-electron chi connectivity index (χ0n) is 10.8. The van der Waals surface area contributed by atoms with Crippen molar-refractivity contribution in [2.75, 3.05) is 13.2 Å². The zero-order chi connectivity index (χ0) is 13.0. The second-order valence-electron chi connectivity index (χ2n) is 4.57. The van der Waals surface area contributed by atoms with E-state index in [1.807, 2.05) is 30.9 Å². The lowest BCUT2D eigenvalue weighted by molar-refractivity contribution is 0.233. The number of hydrogen-bond donors (Lipinski definition) is 2. The van der Waals surface area contributed by atoms with Gasteiger partial charge in [0.25, 0.3) is 0 Å². The van der Waals surface area contributed by atoms with E-state index in [1.165, 1.54) is 10.4 Å². The molecule has 0 spiro atoms. The average Bonchev–Trinajstić information content (AvgIpc) is 2.98. The third-order valence-corrected chi connectivity index (χ3v) is 3.66. The van der Waals surface area contributed by atoms with Crippen molar-refractivity contribution in [3.63, 3.8) is 0 Å². The topological polar surface area (TPSA) is 50.1 Å². The number of hydrogen-bond acceptors (Lipinski definition) is 4. The molecule has 0 aliphatic heterocycles. The van der Waals surface area contributed by atoms with Crippen molar-refractivity contribution < 1.29 is 5.11 Å². The number of nitrogens with zero attached hydrogens (tertiary/aromatic N) is 2. The molecule has 0 radical (unpaired) electrons. The molecule has 4 nitrogen and oxygen atoms in total. The first-order valence-electron chi connectivity index (χ1n) is 6.08. The number of nitrogens with one attached hydrogen (secondary N) is 1. The van der Waals surface area contributed by atoms with E-state index in [2.05, 4.69) is 21.9 Å². The summed E-state index contributed by atoms with van der Waals surface area (Å²) < 4.78 is 1.85. The second-order valence-corrected chi connectivity index (χ2v) is 5.52. The molecule has 2 heterocycles. The van der Waals surface area contributed by atoms with Crippen molar-refractivity contribution in [1.82, 2.24) is 15.1 Å². The molecular weight excluding hydrogens is 246 g/mol. The summed E-state index contributed by atoms with van der Waals surface area (Å²) in [6, 6.07) is 4.13. The molecule has 2 rings (SSSR count). The third kappa shape index (κ3) is 3.19. The molecule has 0 amide bonds. The van der Waals surface area contributed by atoms with Crippen LogP contribution in [-0.4, -0.2) is 28.0 Å². The fourth-order valence-corrected chi connectivity index (χ4v) is 2.55. The van der Waals surface area contributed by atoms with Gasteiger partial charge < -0.3 is 10.4 Å². The summed E-state index contributed by atoms with van der Waals surface area (Å²) in [5, 5.41) is 18.9. The van der Waals surface area contributed by atoms with E-state index in [0.717, 1.165) is 18.8 Å². The van der Waals surface area contributed by atoms with E-state index in [4.69, 9.17) is 5.11 Å². The Balaban J connectivity index is 2.04. The molecule has 1 atom stereocenters. The van der Waals surface area contributed by atoms with Gasteiger partial charge in [0.15, 0.2) is 0 Å². The number of aryl methyl sites for hydroxylation is 1. The van der Waals surface area contributed by atoms with Crippen LogP contribution in [0.3, 0.4) is 0 Å². The van der Waals surface area contributed by atoms with Gasteiger partial charge >= 0.3 is 0 Å². The van der Waals surface area contributed by atoms with Gasteiger partial charge in [-0.15, -0.1) is 11.3 Å². The van der Waals surface area contributed by atoms with Gasteiger partial charge in [-0.1, -0.05) is 13.0 Å². The molecule has 0 bridgehead atoms. The lowest BCUT2D eigenvalue weighted by Gasteiger charge is -2.08. The molecule has 18 heavy (non-hydrogen) atoms. The van der Waals surface area contributed by atoms with E-state index in [9.17, 15) is 0 Å². The number of rotatable bonds is 6. The molecule has 2 aromatic heterocycles. The summed E-state index contributed by atoms with van der Waals surface area (Å²) in [6.45, 7) is 3.84. The molecule has 0 fully saturated rings. The lowest BCUT2D eigenvalue weighted by atomic mass is 10.2. The fourth-order valence-electron chi connectivity index (χ4n) is 1.81. The Bertz CT molecular complexity index is 478. The van der Waals surface area contributed by atoms with Gasteiger partial charge in [0.05, 0.1) is 4.88 Å². The Morgan fingerprint density at radius 1 is 1.56 bits per heavy atom. The molecular formula is C13H19N3OS. The van der Waals surface area contributed by atoms with Crippen LogP contribution in [0, 0.1) is 5.92 Å². The van der Waals surface area contributed by atoms with Crippen molar-refractivity contribution in [3.8, 4) is 10.6 Å². The van der Waals surface area contributed by atoms with Crippen molar-refractivity contribution in [2.45, 2.75) is 13.5 Å². The van der Waals surface area contributed by atoms with Crippen molar-refractivity contribution in [2.24, 2.45) is 13.0 Å². The van der Waals surface area contributed by atoms with Crippen LogP contribution in [0.2, 0.25) is 0 Å². The van der Waals surface area contributed by atoms with E-state index in [0.29, 0.717) is 0 Å². The summed E-state index contributed by atoms with van der Waals surface area (Å²) in [7, 11) is 1.94. The van der Waals surface area contributed by atoms with Gasteiger partial charge in [0, 0.05) is 38.5 Å². The maximum atomic E-state index is 8.99. The smallest absolute Gasteiger partial charge is 0.107 e. The highest BCUT2D eigenvalue weighted by Gasteiger charge is 2.10. The Kier molecular flexibility index (Phi) is 4.52. The summed E-state index contributed by atoms with van der Waals surface area (Å²) in [5.41, 5.74) is 2.25. The number of aliphatic hydroxyl groups excluding tert-OH is 1. The minimum atomic E-state index is 0.220. The molecule has 0 aliphatic carbocycles. The van der Waals surface area contributed by atoms with Gasteiger partial charge in [-0.2, -0.15) is 5.10 Å². The molecule has 2 N–H and O–H groups in total. The monoisotopic (exact) mass is 265 g/mol. The largest absolute Gasteiger partial charge is 0.396 e. The van der Waals surface area contributed by atoms with Crippen LogP contribution in [0.25, 0.3) is 10.6 Å². The lowest BCUT2D eigenvalue weighted by Crippen LogP contribution is -2.22. The van der Waals surface area contributed by atoms with Crippen LogP contribution >= 0.6 is 11.3 Å². The summed E-state index contributed by atoms with van der Waals surface area (Å²) in [4.78, 5) is 1.20. The van der Waals surface area contributed by atoms with Gasteiger partial charge in [0.2, 0.25) is 0 Å². The molecule has 0 saturated heterocycles. The third-order valence-electron chi connectivity index (χ3n) is 2.78. The van der Waals surface area contributed by atoms with Gasteiger partial charge in [-0.05, 0) is 17.4 Å². The van der Waals surface area contributed by atoms with Crippen LogP contribution in [0.5, 0.6) is 0 Å². The second kappa shape index (κ2) is 6.13. The maximum Gasteiger partial charge on any atom is 0.107 e. The average molecular weight is 265 g/mol. The predicted molar refractivity (Wildman–Crippen MR) is 74.5 cm³/mol. The summed E-state index contributed by atoms with van der Waals surface area (Å²) in [6.07, 6.45) is 2.05. The van der Waals surface area contributed by atoms with Crippen LogP contribution in [-0.2, 0) is 13.6 Å². The first kappa shape index (κ1) is 13.3. The first-order chi connectivity index (χ1) is 8.70. The minimum Gasteiger partial charge on any atom is -0.396 e. The van der Waals surface area contributed by atoms with Crippen molar-refractivity contribution in [3.05, 3.63) is 29.3 Å². The van der Waals surface area contributed by atoms with E-state index in [-0.39, 0.29) is 12.5 Å².